The predicted octanol–water partition coefficient (Wildman–Crippen LogP) is 3.36. The molecule has 1 aliphatic carbocycles. The van der Waals surface area contributed by atoms with Crippen molar-refractivity contribution < 1.29 is 42.0 Å². The Labute approximate surface area is 369 Å². The molecule has 1 heterocycles. The normalized spacial score (nSPS) is 15.4. The van der Waals surface area contributed by atoms with Gasteiger partial charge in [0.2, 0.25) is 23.5 Å². The highest BCUT2D eigenvalue weighted by Gasteiger charge is 2.36. The van der Waals surface area contributed by atoms with Crippen molar-refractivity contribution in [3.63, 3.8) is 0 Å². The Morgan fingerprint density at radius 1 is 0.730 bits per heavy atom. The summed E-state index contributed by atoms with van der Waals surface area (Å²) in [4.78, 5) is 102. The zero-order valence-corrected chi connectivity index (χ0v) is 37.3. The molecule has 18 heteroatoms. The van der Waals surface area contributed by atoms with Gasteiger partial charge in [-0.2, -0.15) is 0 Å². The molecule has 2 aromatic carbocycles. The Kier molecular flexibility index (Phi) is 18.9. The summed E-state index contributed by atoms with van der Waals surface area (Å²) < 4.78 is 28.0. The van der Waals surface area contributed by atoms with Crippen molar-refractivity contribution >= 4 is 51.2 Å². The van der Waals surface area contributed by atoms with Gasteiger partial charge in [-0.25, -0.2) is 18.1 Å². The van der Waals surface area contributed by atoms with Crippen LogP contribution >= 0.6 is 0 Å². The molecule has 1 saturated carbocycles. The highest BCUT2D eigenvalue weighted by molar-refractivity contribution is 7.90. The number of carbonyl (C=O) groups excluding carboxylic acids is 7. The quantitative estimate of drug-likeness (QED) is 0.0799. The molecule has 0 spiro atoms. The largest absolute Gasteiger partial charge is 0.344 e. The van der Waals surface area contributed by atoms with Crippen LogP contribution in [0.25, 0.3) is 11.1 Å². The monoisotopic (exact) mass is 888 g/mol. The molecule has 1 aromatic heterocycles. The maximum atomic E-state index is 14.1. The number of amides is 6. The lowest BCUT2D eigenvalue weighted by molar-refractivity contribution is -0.141. The Bertz CT molecular complexity index is 2170. The van der Waals surface area contributed by atoms with E-state index in [0.717, 1.165) is 37.7 Å². The number of aromatic nitrogens is 2. The fraction of sp³-hybridized carbons (Fsp3) is 0.489. The number of carbonyl (C=O) groups is 7. The van der Waals surface area contributed by atoms with Gasteiger partial charge in [0, 0.05) is 12.4 Å². The van der Waals surface area contributed by atoms with E-state index in [4.69, 9.17) is 0 Å². The lowest BCUT2D eigenvalue weighted by Gasteiger charge is -2.31. The Balaban J connectivity index is 1.42. The predicted molar refractivity (Wildman–Crippen MR) is 235 cm³/mol. The van der Waals surface area contributed by atoms with Crippen LogP contribution in [0.5, 0.6) is 0 Å². The minimum Gasteiger partial charge on any atom is -0.344 e. The van der Waals surface area contributed by atoms with Crippen LogP contribution in [-0.2, 0) is 38.8 Å². The number of hydrogen-bond donors (Lipinski definition) is 6. The van der Waals surface area contributed by atoms with Crippen molar-refractivity contribution in [3.8, 4) is 11.1 Å². The highest BCUT2D eigenvalue weighted by atomic mass is 32.2. The van der Waals surface area contributed by atoms with Gasteiger partial charge in [-0.05, 0) is 60.3 Å². The lowest BCUT2D eigenvalue weighted by atomic mass is 9.84. The van der Waals surface area contributed by atoms with Crippen molar-refractivity contribution in [1.29, 1.82) is 0 Å². The number of Topliss-reactive ketones (excluding diaryl/α,β-unsaturated/α-hetero) is 1. The molecule has 17 nitrogen and oxygen atoms in total. The number of sulfonamides is 1. The standard InChI is InChI=1S/C45H60N8O9S/c1-6-29(5)39(52-42(57)35(23-28(3)4)50-43(58)37-26-46-21-22-47-37)44(59)51-36(24-30-15-10-8-11-16-30)41(56)49-34(7-2)40(55)45(60)48-27-38(54)53-63(61,62)33-20-14-19-32(25-33)31-17-12-9-13-18-31/h9,12-14,17-22,25-26,28-30,34-36,39H,6-8,10-11,15-16,23-24,27H2,1-5H3,(H,48,60)(H,49,56)(H,50,58)(H,51,59)(H,52,57)(H,53,54)/t29-,34-,35-,36-,39-/m0/s1. The number of nitrogens with one attached hydrogen (secondary N) is 6. The number of rotatable bonds is 22. The van der Waals surface area contributed by atoms with Crippen LogP contribution < -0.4 is 31.3 Å². The highest BCUT2D eigenvalue weighted by Crippen LogP contribution is 2.28. The maximum Gasteiger partial charge on any atom is 0.290 e. The summed E-state index contributed by atoms with van der Waals surface area (Å²) in [6.07, 6.45) is 9.57. The van der Waals surface area contributed by atoms with Gasteiger partial charge in [0.15, 0.2) is 0 Å². The van der Waals surface area contributed by atoms with Crippen molar-refractivity contribution in [3.05, 3.63) is 78.9 Å². The Morgan fingerprint density at radius 2 is 1.40 bits per heavy atom. The number of nitrogens with zero attached hydrogens (tertiary/aromatic N) is 2. The summed E-state index contributed by atoms with van der Waals surface area (Å²) in [7, 11) is -4.34. The van der Waals surface area contributed by atoms with Crippen LogP contribution in [-0.4, -0.2) is 90.3 Å². The summed E-state index contributed by atoms with van der Waals surface area (Å²) >= 11 is 0. The van der Waals surface area contributed by atoms with Crippen LogP contribution in [0.4, 0.5) is 0 Å². The summed E-state index contributed by atoms with van der Waals surface area (Å²) in [5, 5.41) is 13.1. The molecule has 5 atom stereocenters. The van der Waals surface area contributed by atoms with Crippen LogP contribution in [0, 0.1) is 17.8 Å². The zero-order valence-electron chi connectivity index (χ0n) is 36.5. The van der Waals surface area contributed by atoms with E-state index < -0.39 is 87.9 Å². The van der Waals surface area contributed by atoms with E-state index in [2.05, 4.69) is 36.6 Å². The van der Waals surface area contributed by atoms with Gasteiger partial charge in [-0.15, -0.1) is 0 Å². The molecule has 0 unspecified atom stereocenters. The summed E-state index contributed by atoms with van der Waals surface area (Å²) in [6, 6.07) is 10.4. The first kappa shape index (κ1) is 49.6. The zero-order chi connectivity index (χ0) is 46.1. The SMILES string of the molecule is CC[C@H](NC(=O)[C@H](CC1CCCCC1)NC(=O)[C@@H](NC(=O)[C@H](CC(C)C)NC(=O)c1cnccn1)[C@@H](C)CC)C(=O)C(=O)NCC(=O)NS(=O)(=O)c1cccc(-c2ccccc2)c1. The van der Waals surface area contributed by atoms with E-state index >= 15 is 0 Å². The molecule has 6 amide bonds. The smallest absolute Gasteiger partial charge is 0.290 e. The average Bonchev–Trinajstić information content (AvgIpc) is 3.28. The fourth-order valence-corrected chi connectivity index (χ4v) is 8.34. The summed E-state index contributed by atoms with van der Waals surface area (Å²) in [5.74, 6) is -6.30. The molecule has 340 valence electrons. The topological polar surface area (TPSA) is 252 Å². The van der Waals surface area contributed by atoms with Crippen molar-refractivity contribution in [2.24, 2.45) is 17.8 Å². The van der Waals surface area contributed by atoms with E-state index in [1.165, 1.54) is 36.8 Å². The third-order valence-corrected chi connectivity index (χ3v) is 12.4. The van der Waals surface area contributed by atoms with E-state index in [-0.39, 0.29) is 41.7 Å². The van der Waals surface area contributed by atoms with Gasteiger partial charge < -0.3 is 26.6 Å². The molecular weight excluding hydrogens is 829 g/mol. The van der Waals surface area contributed by atoms with Crippen molar-refractivity contribution in [2.45, 2.75) is 121 Å². The molecule has 0 radical (unpaired) electrons. The van der Waals surface area contributed by atoms with Gasteiger partial charge in [-0.1, -0.05) is 116 Å². The minimum atomic E-state index is -4.34. The molecule has 4 rings (SSSR count). The minimum absolute atomic E-state index is 0.0132. The number of benzene rings is 2. The Morgan fingerprint density at radius 3 is 2.03 bits per heavy atom. The molecule has 63 heavy (non-hydrogen) atoms. The first-order valence-electron chi connectivity index (χ1n) is 21.5. The maximum absolute atomic E-state index is 14.1. The van der Waals surface area contributed by atoms with Gasteiger partial charge in [0.05, 0.1) is 23.7 Å². The summed E-state index contributed by atoms with van der Waals surface area (Å²) in [6.45, 7) is 8.12. The first-order chi connectivity index (χ1) is 30.0. The molecular formula is C45H60N8O9S. The second-order valence-corrected chi connectivity index (χ2v) is 18.0. The molecule has 3 aromatic rings. The van der Waals surface area contributed by atoms with Crippen LogP contribution in [0.1, 0.15) is 103 Å². The third kappa shape index (κ3) is 15.1. The fourth-order valence-electron chi connectivity index (χ4n) is 7.31. The third-order valence-electron chi connectivity index (χ3n) is 11.0. The van der Waals surface area contributed by atoms with Gasteiger partial charge in [-0.3, -0.25) is 38.5 Å². The van der Waals surface area contributed by atoms with E-state index in [1.807, 2.05) is 31.6 Å². The Hall–Kier alpha value is -6.04. The molecule has 1 aliphatic rings. The summed E-state index contributed by atoms with van der Waals surface area (Å²) in [5.41, 5.74) is 1.39. The van der Waals surface area contributed by atoms with Crippen molar-refractivity contribution in [2.75, 3.05) is 6.54 Å². The van der Waals surface area contributed by atoms with Gasteiger partial charge in [0.1, 0.15) is 23.8 Å². The number of hydrogen-bond acceptors (Lipinski definition) is 11. The van der Waals surface area contributed by atoms with Gasteiger partial charge in [0.25, 0.3) is 27.7 Å². The van der Waals surface area contributed by atoms with E-state index in [1.54, 1.807) is 44.2 Å². The first-order valence-corrected chi connectivity index (χ1v) is 23.0. The number of ketones is 1. The van der Waals surface area contributed by atoms with E-state index in [9.17, 15) is 42.0 Å². The van der Waals surface area contributed by atoms with Crippen molar-refractivity contribution in [1.82, 2.24) is 41.3 Å². The van der Waals surface area contributed by atoms with E-state index in [0.29, 0.717) is 12.0 Å². The van der Waals surface area contributed by atoms with Crippen LogP contribution in [0.2, 0.25) is 0 Å². The molecule has 1 fully saturated rings. The van der Waals surface area contributed by atoms with Crippen LogP contribution in [0.3, 0.4) is 0 Å². The average molecular weight is 889 g/mol. The molecule has 0 bridgehead atoms. The molecule has 0 aliphatic heterocycles. The second-order valence-electron chi connectivity index (χ2n) is 16.4. The molecule has 6 N–H and O–H groups in total. The lowest BCUT2D eigenvalue weighted by Crippen LogP contribution is -2.60. The second kappa shape index (κ2) is 24.0. The van der Waals surface area contributed by atoms with Crippen LogP contribution in [0.15, 0.2) is 78.1 Å². The molecule has 0 saturated heterocycles. The van der Waals surface area contributed by atoms with Gasteiger partial charge >= 0.3 is 0 Å².